The maximum atomic E-state index is 12.4. The van der Waals surface area contributed by atoms with E-state index >= 15 is 0 Å². The van der Waals surface area contributed by atoms with Crippen LogP contribution >= 0.6 is 0 Å². The molecule has 4 rings (SSSR count). The Kier molecular flexibility index (Phi) is 6.13. The van der Waals surface area contributed by atoms with E-state index in [9.17, 15) is 25.0 Å². The maximum Gasteiger partial charge on any atom is 0.363 e. The van der Waals surface area contributed by atoms with Gasteiger partial charge in [-0.3, -0.25) is 20.2 Å². The molecule has 1 aliphatic rings. The fourth-order valence-corrected chi connectivity index (χ4v) is 3.38. The summed E-state index contributed by atoms with van der Waals surface area (Å²) in [6.45, 7) is 1.64. The fraction of sp³-hybridized carbons (Fsp3) is 0.0833. The Morgan fingerprint density at radius 2 is 1.76 bits per heavy atom. The summed E-state index contributed by atoms with van der Waals surface area (Å²) in [5, 5.41) is 22.2. The molecule has 0 aliphatic carbocycles. The molecule has 34 heavy (non-hydrogen) atoms. The molecule has 10 heteroatoms. The van der Waals surface area contributed by atoms with Gasteiger partial charge in [-0.25, -0.2) is 9.79 Å². The molecule has 0 amide bonds. The van der Waals surface area contributed by atoms with Gasteiger partial charge in [0.15, 0.2) is 5.70 Å². The van der Waals surface area contributed by atoms with Gasteiger partial charge in [-0.2, -0.15) is 0 Å². The van der Waals surface area contributed by atoms with Crippen LogP contribution in [0.2, 0.25) is 0 Å². The Bertz CT molecular complexity index is 1380. The van der Waals surface area contributed by atoms with Crippen LogP contribution in [0.25, 0.3) is 6.08 Å². The predicted molar refractivity (Wildman–Crippen MR) is 122 cm³/mol. The SMILES string of the molecule is Cc1c(C2=N/C(=C\c3ccccc3OCc3cccc([N+](=O)[O-])c3)C(=O)O2)cccc1[N+](=O)[O-]. The van der Waals surface area contributed by atoms with Crippen molar-refractivity contribution in [2.45, 2.75) is 13.5 Å². The summed E-state index contributed by atoms with van der Waals surface area (Å²) < 4.78 is 11.1. The molecule has 0 aromatic heterocycles. The standard InChI is InChI=1S/C24H17N3O7/c1-15-19(9-5-10-21(15)27(31)32)23-25-20(24(28)34-23)13-17-7-2-3-11-22(17)33-14-16-6-4-8-18(12-16)26(29)30/h2-13H,14H2,1H3/b20-13-. The molecule has 3 aromatic carbocycles. The molecule has 0 unspecified atom stereocenters. The summed E-state index contributed by atoms with van der Waals surface area (Å²) >= 11 is 0. The molecule has 0 radical (unpaired) electrons. The van der Waals surface area contributed by atoms with Gasteiger partial charge in [0, 0.05) is 34.9 Å². The van der Waals surface area contributed by atoms with Crippen molar-refractivity contribution in [3.63, 3.8) is 0 Å². The third-order valence-electron chi connectivity index (χ3n) is 5.08. The third kappa shape index (κ3) is 4.65. The first kappa shape index (κ1) is 22.3. The number of nitro benzene ring substituents is 2. The van der Waals surface area contributed by atoms with Gasteiger partial charge in [0.25, 0.3) is 11.4 Å². The lowest BCUT2D eigenvalue weighted by molar-refractivity contribution is -0.385. The van der Waals surface area contributed by atoms with Crippen LogP contribution in [0.5, 0.6) is 5.75 Å². The minimum absolute atomic E-state index is 0.00676. The first-order chi connectivity index (χ1) is 16.3. The van der Waals surface area contributed by atoms with Crippen LogP contribution in [0.15, 0.2) is 77.4 Å². The minimum atomic E-state index is -0.700. The van der Waals surface area contributed by atoms with Gasteiger partial charge in [-0.05, 0) is 30.7 Å². The Labute approximate surface area is 193 Å². The number of cyclic esters (lactones) is 1. The van der Waals surface area contributed by atoms with Gasteiger partial charge >= 0.3 is 5.97 Å². The zero-order valence-corrected chi connectivity index (χ0v) is 17.8. The van der Waals surface area contributed by atoms with Crippen LogP contribution in [0.3, 0.4) is 0 Å². The molecular formula is C24H17N3O7. The largest absolute Gasteiger partial charge is 0.488 e. The first-order valence-electron chi connectivity index (χ1n) is 10.1. The molecule has 1 aliphatic heterocycles. The molecule has 0 bridgehead atoms. The van der Waals surface area contributed by atoms with E-state index < -0.39 is 15.8 Å². The Morgan fingerprint density at radius 3 is 2.53 bits per heavy atom. The molecule has 0 spiro atoms. The van der Waals surface area contributed by atoms with Crippen molar-refractivity contribution >= 4 is 29.3 Å². The number of nitro groups is 2. The maximum absolute atomic E-state index is 12.4. The predicted octanol–water partition coefficient (Wildman–Crippen LogP) is 4.73. The molecular weight excluding hydrogens is 442 g/mol. The second-order valence-corrected chi connectivity index (χ2v) is 7.30. The Hall–Kier alpha value is -4.86. The van der Waals surface area contributed by atoms with Crippen molar-refractivity contribution in [1.29, 1.82) is 0 Å². The molecule has 0 saturated carbocycles. The van der Waals surface area contributed by atoms with E-state index in [2.05, 4.69) is 4.99 Å². The van der Waals surface area contributed by atoms with Gasteiger partial charge in [-0.15, -0.1) is 0 Å². The Morgan fingerprint density at radius 1 is 1.00 bits per heavy atom. The van der Waals surface area contributed by atoms with Gasteiger partial charge in [0.2, 0.25) is 5.90 Å². The monoisotopic (exact) mass is 459 g/mol. The number of ether oxygens (including phenoxy) is 2. The quantitative estimate of drug-likeness (QED) is 0.216. The molecule has 170 valence electrons. The van der Waals surface area contributed by atoms with Crippen LogP contribution in [0, 0.1) is 27.2 Å². The number of carbonyl (C=O) groups excluding carboxylic acids is 1. The topological polar surface area (TPSA) is 134 Å². The summed E-state index contributed by atoms with van der Waals surface area (Å²) in [6.07, 6.45) is 1.49. The molecule has 3 aromatic rings. The number of non-ortho nitro benzene ring substituents is 1. The molecule has 0 fully saturated rings. The summed E-state index contributed by atoms with van der Waals surface area (Å²) in [5.74, 6) is -0.286. The van der Waals surface area contributed by atoms with Gasteiger partial charge < -0.3 is 9.47 Å². The lowest BCUT2D eigenvalue weighted by atomic mass is 10.1. The third-order valence-corrected chi connectivity index (χ3v) is 5.08. The summed E-state index contributed by atoms with van der Waals surface area (Å²) in [5.41, 5.74) is 1.70. The number of hydrogen-bond acceptors (Lipinski definition) is 8. The fourth-order valence-electron chi connectivity index (χ4n) is 3.38. The summed E-state index contributed by atoms with van der Waals surface area (Å²) in [6, 6.07) is 17.5. The van der Waals surface area contributed by atoms with Crippen molar-refractivity contribution < 1.29 is 24.1 Å². The van der Waals surface area contributed by atoms with Crippen LogP contribution in [-0.2, 0) is 16.1 Å². The second kappa shape index (κ2) is 9.33. The zero-order valence-electron chi connectivity index (χ0n) is 17.8. The number of rotatable bonds is 7. The van der Waals surface area contributed by atoms with Crippen molar-refractivity contribution in [3.8, 4) is 5.75 Å². The minimum Gasteiger partial charge on any atom is -0.488 e. The average molecular weight is 459 g/mol. The van der Waals surface area contributed by atoms with Crippen molar-refractivity contribution in [2.75, 3.05) is 0 Å². The highest BCUT2D eigenvalue weighted by Crippen LogP contribution is 2.28. The Balaban J connectivity index is 1.60. The second-order valence-electron chi connectivity index (χ2n) is 7.30. The number of hydrogen-bond donors (Lipinski definition) is 0. The highest BCUT2D eigenvalue weighted by atomic mass is 16.6. The molecule has 10 nitrogen and oxygen atoms in total. The van der Waals surface area contributed by atoms with Gasteiger partial charge in [0.1, 0.15) is 12.4 Å². The highest BCUT2D eigenvalue weighted by molar-refractivity contribution is 6.13. The van der Waals surface area contributed by atoms with E-state index in [0.717, 1.165) is 0 Å². The lowest BCUT2D eigenvalue weighted by Crippen LogP contribution is -2.08. The van der Waals surface area contributed by atoms with Gasteiger partial charge in [-0.1, -0.05) is 36.4 Å². The lowest BCUT2D eigenvalue weighted by Gasteiger charge is -2.09. The zero-order chi connectivity index (χ0) is 24.2. The number of benzene rings is 3. The van der Waals surface area contributed by atoms with Crippen molar-refractivity contribution in [1.82, 2.24) is 0 Å². The number of aliphatic imine (C=N–C) groups is 1. The van der Waals surface area contributed by atoms with Crippen molar-refractivity contribution in [2.24, 2.45) is 4.99 Å². The van der Waals surface area contributed by atoms with E-state index in [4.69, 9.17) is 9.47 Å². The molecule has 0 atom stereocenters. The first-order valence-corrected chi connectivity index (χ1v) is 10.1. The highest BCUT2D eigenvalue weighted by Gasteiger charge is 2.27. The number of para-hydroxylation sites is 1. The van der Waals surface area contributed by atoms with Crippen LogP contribution in [0.1, 0.15) is 22.3 Å². The van der Waals surface area contributed by atoms with E-state index in [1.165, 1.54) is 30.3 Å². The van der Waals surface area contributed by atoms with E-state index in [1.807, 2.05) is 0 Å². The van der Waals surface area contributed by atoms with Crippen molar-refractivity contribution in [3.05, 3.63) is 115 Å². The van der Waals surface area contributed by atoms with Crippen LogP contribution < -0.4 is 4.74 Å². The van der Waals surface area contributed by atoms with E-state index in [1.54, 1.807) is 49.4 Å². The number of nitrogens with zero attached hydrogens (tertiary/aromatic N) is 3. The number of carbonyl (C=O) groups is 1. The van der Waals surface area contributed by atoms with Crippen LogP contribution in [-0.4, -0.2) is 21.7 Å². The van der Waals surface area contributed by atoms with Gasteiger partial charge in [0.05, 0.1) is 9.85 Å². The summed E-state index contributed by atoms with van der Waals surface area (Å²) in [4.78, 5) is 37.9. The normalized spacial score (nSPS) is 14.0. The molecule has 0 saturated heterocycles. The van der Waals surface area contributed by atoms with Crippen LogP contribution in [0.4, 0.5) is 11.4 Å². The smallest absolute Gasteiger partial charge is 0.363 e. The number of esters is 1. The van der Waals surface area contributed by atoms with E-state index in [0.29, 0.717) is 28.0 Å². The van der Waals surface area contributed by atoms with E-state index in [-0.39, 0.29) is 29.6 Å². The molecule has 0 N–H and O–H groups in total. The average Bonchev–Trinajstić information content (AvgIpc) is 3.18. The summed E-state index contributed by atoms with van der Waals surface area (Å²) in [7, 11) is 0. The molecule has 1 heterocycles.